The fourth-order valence-electron chi connectivity index (χ4n) is 2.45. The molecule has 0 radical (unpaired) electrons. The molecular formula is C22H28N4O9S. The van der Waals surface area contributed by atoms with Gasteiger partial charge in [0.25, 0.3) is 11.8 Å². The molecule has 0 saturated carbocycles. The number of rotatable bonds is 11. The topological polar surface area (TPSA) is 177 Å². The number of carbonyl (C=O) groups excluding carboxylic acids is 2. The number of methoxy groups -OCH3 is 3. The summed E-state index contributed by atoms with van der Waals surface area (Å²) in [7, 11) is 8.25. The third-order valence-electron chi connectivity index (χ3n) is 4.11. The van der Waals surface area contributed by atoms with Gasteiger partial charge < -0.3 is 34.6 Å². The molecule has 1 heterocycles. The summed E-state index contributed by atoms with van der Waals surface area (Å²) in [6.45, 7) is 1.22. The Morgan fingerprint density at radius 3 is 1.97 bits per heavy atom. The number of carbonyl (C=O) groups is 4. The van der Waals surface area contributed by atoms with Gasteiger partial charge in [0, 0.05) is 42.8 Å². The predicted octanol–water partition coefficient (Wildman–Crippen LogP) is 1.42. The van der Waals surface area contributed by atoms with E-state index >= 15 is 0 Å². The van der Waals surface area contributed by atoms with Crippen LogP contribution in [0.3, 0.4) is 0 Å². The first-order valence-electron chi connectivity index (χ1n) is 10.2. The minimum atomic E-state index is -1.26. The number of likely N-dealkylation sites (N-methyl/N-ethyl adjacent to an activating group) is 1. The van der Waals surface area contributed by atoms with Crippen molar-refractivity contribution >= 4 is 40.2 Å². The van der Waals surface area contributed by atoms with Gasteiger partial charge in [-0.2, -0.15) is 0 Å². The van der Waals surface area contributed by atoms with Crippen molar-refractivity contribution in [2.75, 3.05) is 53.8 Å². The van der Waals surface area contributed by atoms with Crippen LogP contribution in [0.5, 0.6) is 17.2 Å². The highest BCUT2D eigenvalue weighted by Gasteiger charge is 2.22. The zero-order valence-electron chi connectivity index (χ0n) is 20.4. The molecule has 0 aliphatic carbocycles. The molecule has 2 aromatic rings. The molecule has 196 valence electrons. The van der Waals surface area contributed by atoms with Gasteiger partial charge in [-0.05, 0) is 14.1 Å². The van der Waals surface area contributed by atoms with E-state index in [1.807, 2.05) is 19.0 Å². The maximum atomic E-state index is 12.7. The highest BCUT2D eigenvalue weighted by Crippen LogP contribution is 2.34. The van der Waals surface area contributed by atoms with E-state index in [9.17, 15) is 19.2 Å². The number of carboxylic acid groups (broad SMARTS) is 2. The third kappa shape index (κ3) is 9.99. The van der Waals surface area contributed by atoms with Gasteiger partial charge in [-0.15, -0.1) is 11.3 Å². The molecule has 0 saturated heterocycles. The van der Waals surface area contributed by atoms with Gasteiger partial charge in [-0.1, -0.05) is 0 Å². The lowest BCUT2D eigenvalue weighted by Gasteiger charge is -2.14. The fourth-order valence-corrected chi connectivity index (χ4v) is 3.14. The van der Waals surface area contributed by atoms with E-state index < -0.39 is 17.8 Å². The summed E-state index contributed by atoms with van der Waals surface area (Å²) in [5.74, 6) is -2.18. The van der Waals surface area contributed by atoms with E-state index in [0.717, 1.165) is 17.9 Å². The number of aromatic nitrogens is 1. The molecule has 2 rings (SSSR count). The van der Waals surface area contributed by atoms with Gasteiger partial charge in [-0.3, -0.25) is 14.9 Å². The molecule has 0 aliphatic rings. The van der Waals surface area contributed by atoms with Crippen molar-refractivity contribution in [3.8, 4) is 17.2 Å². The van der Waals surface area contributed by atoms with Crippen LogP contribution in [0.4, 0.5) is 5.13 Å². The number of nitrogens with zero attached hydrogens (tertiary/aromatic N) is 2. The molecule has 0 aliphatic heterocycles. The van der Waals surface area contributed by atoms with E-state index in [2.05, 4.69) is 15.6 Å². The Morgan fingerprint density at radius 2 is 1.53 bits per heavy atom. The Kier molecular flexibility index (Phi) is 12.4. The SMILES string of the molecule is COc1cc(OC)c(C(=O)Nc2nc(C(=O)NCCN(C)C)cs2)c(OC)c1.O=C(O)/C=C\C(=O)O. The second-order valence-corrected chi connectivity index (χ2v) is 7.83. The van der Waals surface area contributed by atoms with Crippen molar-refractivity contribution in [3.05, 3.63) is 40.9 Å². The molecule has 0 spiro atoms. The molecule has 4 N–H and O–H groups in total. The Hall–Kier alpha value is -4.17. The number of aliphatic carboxylic acids is 2. The summed E-state index contributed by atoms with van der Waals surface area (Å²) in [5, 5.41) is 23.0. The van der Waals surface area contributed by atoms with E-state index in [-0.39, 0.29) is 17.2 Å². The molecule has 0 unspecified atom stereocenters. The van der Waals surface area contributed by atoms with Crippen LogP contribution in [0.1, 0.15) is 20.8 Å². The molecule has 0 fully saturated rings. The summed E-state index contributed by atoms with van der Waals surface area (Å²) >= 11 is 1.15. The first-order chi connectivity index (χ1) is 17.0. The highest BCUT2D eigenvalue weighted by atomic mass is 32.1. The molecule has 1 aromatic carbocycles. The van der Waals surface area contributed by atoms with Crippen molar-refractivity contribution in [3.63, 3.8) is 0 Å². The summed E-state index contributed by atoms with van der Waals surface area (Å²) in [5.41, 5.74) is 0.450. The minimum Gasteiger partial charge on any atom is -0.496 e. The van der Waals surface area contributed by atoms with E-state index in [1.54, 1.807) is 17.5 Å². The van der Waals surface area contributed by atoms with Gasteiger partial charge in [0.1, 0.15) is 28.5 Å². The van der Waals surface area contributed by atoms with Crippen molar-refractivity contribution in [1.29, 1.82) is 0 Å². The smallest absolute Gasteiger partial charge is 0.328 e. The lowest BCUT2D eigenvalue weighted by molar-refractivity contribution is -0.134. The number of hydrogen-bond donors (Lipinski definition) is 4. The maximum absolute atomic E-state index is 12.7. The Balaban J connectivity index is 0.000000697. The van der Waals surface area contributed by atoms with Crippen LogP contribution in [0, 0.1) is 0 Å². The number of thiazole rings is 1. The monoisotopic (exact) mass is 524 g/mol. The standard InChI is InChI=1S/C18H24N4O5S.C4H4O4/c1-22(2)7-6-19-16(23)12-10-28-18(20-12)21-17(24)15-13(26-4)8-11(25-3)9-14(15)27-5;5-3(6)1-2-4(7)8/h8-10H,6-7H2,1-5H3,(H,19,23)(H,20,21,24);1-2H,(H,5,6)(H,7,8)/b;2-1-. The number of carboxylic acids is 2. The average Bonchev–Trinajstić information content (AvgIpc) is 3.30. The second kappa shape index (κ2) is 15.0. The number of amides is 2. The van der Waals surface area contributed by atoms with Crippen LogP contribution in [0.15, 0.2) is 29.7 Å². The maximum Gasteiger partial charge on any atom is 0.328 e. The fraction of sp³-hybridized carbons (Fsp3) is 0.318. The Bertz CT molecular complexity index is 1060. The number of ether oxygens (including phenoxy) is 3. The zero-order valence-corrected chi connectivity index (χ0v) is 21.2. The van der Waals surface area contributed by atoms with Crippen molar-refractivity contribution in [2.45, 2.75) is 0 Å². The Labute approximate surface area is 211 Å². The first kappa shape index (κ1) is 29.9. The Morgan fingerprint density at radius 1 is 0.972 bits per heavy atom. The largest absolute Gasteiger partial charge is 0.496 e. The molecule has 2 amide bonds. The molecule has 0 bridgehead atoms. The van der Waals surface area contributed by atoms with Crippen LogP contribution in [0.25, 0.3) is 0 Å². The van der Waals surface area contributed by atoms with Crippen LogP contribution in [-0.2, 0) is 9.59 Å². The summed E-state index contributed by atoms with van der Waals surface area (Å²) in [4.78, 5) is 50.1. The van der Waals surface area contributed by atoms with Gasteiger partial charge >= 0.3 is 11.9 Å². The van der Waals surface area contributed by atoms with E-state index in [0.29, 0.717) is 41.1 Å². The molecular weight excluding hydrogens is 496 g/mol. The van der Waals surface area contributed by atoms with Crippen molar-refractivity contribution < 1.29 is 43.6 Å². The van der Waals surface area contributed by atoms with E-state index in [4.69, 9.17) is 24.4 Å². The van der Waals surface area contributed by atoms with Gasteiger partial charge in [0.05, 0.1) is 21.3 Å². The molecule has 36 heavy (non-hydrogen) atoms. The van der Waals surface area contributed by atoms with Crippen LogP contribution >= 0.6 is 11.3 Å². The van der Waals surface area contributed by atoms with Crippen LogP contribution < -0.4 is 24.8 Å². The molecule has 14 heteroatoms. The van der Waals surface area contributed by atoms with Gasteiger partial charge in [-0.25, -0.2) is 14.6 Å². The number of hydrogen-bond acceptors (Lipinski definition) is 10. The second-order valence-electron chi connectivity index (χ2n) is 6.97. The van der Waals surface area contributed by atoms with Crippen LogP contribution in [-0.4, -0.2) is 92.4 Å². The van der Waals surface area contributed by atoms with Crippen molar-refractivity contribution in [2.24, 2.45) is 0 Å². The van der Waals surface area contributed by atoms with E-state index in [1.165, 1.54) is 21.3 Å². The number of nitrogens with one attached hydrogen (secondary N) is 2. The molecule has 1 aromatic heterocycles. The lowest BCUT2D eigenvalue weighted by Crippen LogP contribution is -2.31. The zero-order chi connectivity index (χ0) is 27.3. The average molecular weight is 525 g/mol. The van der Waals surface area contributed by atoms with Gasteiger partial charge in [0.15, 0.2) is 5.13 Å². The molecule has 0 atom stereocenters. The predicted molar refractivity (Wildman–Crippen MR) is 131 cm³/mol. The first-order valence-corrected chi connectivity index (χ1v) is 11.0. The molecule has 13 nitrogen and oxygen atoms in total. The summed E-state index contributed by atoms with van der Waals surface area (Å²) < 4.78 is 15.8. The highest BCUT2D eigenvalue weighted by molar-refractivity contribution is 7.14. The normalized spacial score (nSPS) is 10.3. The van der Waals surface area contributed by atoms with Crippen molar-refractivity contribution in [1.82, 2.24) is 15.2 Å². The summed E-state index contributed by atoms with van der Waals surface area (Å²) in [6.07, 6.45) is 1.12. The third-order valence-corrected chi connectivity index (χ3v) is 4.87. The number of anilines is 1. The minimum absolute atomic E-state index is 0.206. The number of benzene rings is 1. The summed E-state index contributed by atoms with van der Waals surface area (Å²) in [6, 6.07) is 3.17. The lowest BCUT2D eigenvalue weighted by atomic mass is 10.1. The van der Waals surface area contributed by atoms with Crippen LogP contribution in [0.2, 0.25) is 0 Å². The quantitative estimate of drug-likeness (QED) is 0.313. The van der Waals surface area contributed by atoms with Gasteiger partial charge in [0.2, 0.25) is 0 Å².